The van der Waals surface area contributed by atoms with E-state index in [0.717, 1.165) is 6.16 Å². The predicted molar refractivity (Wildman–Crippen MR) is 251 cm³/mol. The van der Waals surface area contributed by atoms with Gasteiger partial charge in [-0.2, -0.15) is 0 Å². The Balaban J connectivity index is 1.26. The first-order chi connectivity index (χ1) is 25.8. The molecule has 52 heavy (non-hydrogen) atoms. The molecular formula is C43H32PS8+. The Bertz CT molecular complexity index is 2410. The highest BCUT2D eigenvalue weighted by atomic mass is 32.3. The zero-order chi connectivity index (χ0) is 34.5. The molecule has 0 bridgehead atoms. The smallest absolute Gasteiger partial charge is 0.116 e. The molecule has 0 saturated carbocycles. The molecule has 0 nitrogen and oxygen atoms in total. The summed E-state index contributed by atoms with van der Waals surface area (Å²) in [6.07, 6.45) is 0.960. The molecule has 4 heterocycles. The minimum Gasteiger partial charge on any atom is -0.116 e. The summed E-state index contributed by atoms with van der Waals surface area (Å²) in [5.74, 6) is 4.78. The van der Waals surface area contributed by atoms with Crippen molar-refractivity contribution >= 4 is 147 Å². The van der Waals surface area contributed by atoms with Crippen molar-refractivity contribution in [3.8, 4) is 0 Å². The van der Waals surface area contributed by atoms with Crippen LogP contribution in [0.25, 0.3) is 30.0 Å². The summed E-state index contributed by atoms with van der Waals surface area (Å²) in [5.41, 5.74) is 1.40. The number of hydrogen-bond acceptors (Lipinski definition) is 8. The molecule has 0 aromatic heterocycles. The standard InChI is InChI=1S/C43H32PS8/c1-4-12-29(13-5-1)44(30-14-6-2-7-15-30,31-16-8-3-9-17-31)27-28-20-21-34-35(26-28)37(39-51-42-43(52-39)48-25-24-47-42)33-19-11-10-18-32(33)36(34)38-49-40-41(50-38)46-23-22-45-40/h1-21,26H,22-25,27H2/q+1. The molecule has 0 spiro atoms. The maximum Gasteiger partial charge on any atom is 0.116 e. The first kappa shape index (κ1) is 34.8. The highest BCUT2D eigenvalue weighted by molar-refractivity contribution is 8.47. The maximum absolute atomic E-state index is 2.59. The maximum atomic E-state index is 2.59. The molecule has 9 heteroatoms. The van der Waals surface area contributed by atoms with E-state index in [0.29, 0.717) is 0 Å². The number of fused-ring (bicyclic) bond motifs is 2. The van der Waals surface area contributed by atoms with Gasteiger partial charge in [0, 0.05) is 33.4 Å². The van der Waals surface area contributed by atoms with Gasteiger partial charge in [-0.15, -0.1) is 47.0 Å². The Hall–Kier alpha value is -1.71. The summed E-state index contributed by atoms with van der Waals surface area (Å²) < 4.78 is 8.87. The fourth-order valence-corrected chi connectivity index (χ4v) is 23.8. The first-order valence-electron chi connectivity index (χ1n) is 17.2. The van der Waals surface area contributed by atoms with Crippen molar-refractivity contribution < 1.29 is 0 Å². The molecule has 0 saturated heterocycles. The van der Waals surface area contributed by atoms with Crippen LogP contribution in [-0.4, -0.2) is 23.0 Å². The van der Waals surface area contributed by atoms with Gasteiger partial charge in [-0.25, -0.2) is 0 Å². The SMILES string of the molecule is c1ccc([P+](Cc2ccc3c(=C4SC5=C(SCCS5)S4)c4ccccc4c(=C4SC5=C(SCCS5)S4)c3c2)(c2ccccc2)c2ccccc2)cc1. The lowest BCUT2D eigenvalue weighted by atomic mass is 9.97. The van der Waals surface area contributed by atoms with Gasteiger partial charge < -0.3 is 0 Å². The minimum absolute atomic E-state index is 0.960. The molecule has 0 fully saturated rings. The number of hydrogen-bond donors (Lipinski definition) is 0. The normalized spacial score (nSPS) is 17.7. The summed E-state index contributed by atoms with van der Waals surface area (Å²) >= 11 is 16.2. The van der Waals surface area contributed by atoms with Crippen LogP contribution in [0.5, 0.6) is 0 Å². The van der Waals surface area contributed by atoms with Crippen LogP contribution in [0.15, 0.2) is 150 Å². The zero-order valence-electron chi connectivity index (χ0n) is 28.0. The van der Waals surface area contributed by atoms with Crippen molar-refractivity contribution in [2.75, 3.05) is 23.0 Å². The molecule has 0 aliphatic carbocycles. The zero-order valence-corrected chi connectivity index (χ0v) is 35.4. The lowest BCUT2D eigenvalue weighted by Crippen LogP contribution is -2.32. The summed E-state index contributed by atoms with van der Waals surface area (Å²) in [5, 5.41) is 12.6. The molecule has 4 aliphatic heterocycles. The van der Waals surface area contributed by atoms with E-state index in [2.05, 4.69) is 133 Å². The van der Waals surface area contributed by atoms with Crippen LogP contribution in [0.4, 0.5) is 0 Å². The number of thioether (sulfide) groups is 8. The molecule has 256 valence electrons. The van der Waals surface area contributed by atoms with E-state index in [4.69, 9.17) is 0 Å². The van der Waals surface area contributed by atoms with E-state index < -0.39 is 7.26 Å². The third-order valence-electron chi connectivity index (χ3n) is 9.68. The topological polar surface area (TPSA) is 0 Å². The summed E-state index contributed by atoms with van der Waals surface area (Å²) in [6, 6.07) is 50.8. The van der Waals surface area contributed by atoms with Crippen molar-refractivity contribution in [2.45, 2.75) is 6.16 Å². The van der Waals surface area contributed by atoms with Gasteiger partial charge in [0.25, 0.3) is 0 Å². The van der Waals surface area contributed by atoms with Gasteiger partial charge in [-0.3, -0.25) is 0 Å². The highest BCUT2D eigenvalue weighted by Crippen LogP contribution is 2.62. The molecule has 6 aromatic carbocycles. The van der Waals surface area contributed by atoms with Crippen LogP contribution < -0.4 is 26.4 Å². The summed E-state index contributed by atoms with van der Waals surface area (Å²) in [6.45, 7) is 0. The Morgan fingerprint density at radius 3 is 1.15 bits per heavy atom. The Morgan fingerprint density at radius 1 is 0.365 bits per heavy atom. The van der Waals surface area contributed by atoms with Crippen molar-refractivity contribution in [1.82, 2.24) is 0 Å². The summed E-state index contributed by atoms with van der Waals surface area (Å²) in [7, 11) is -2.07. The second kappa shape index (κ2) is 15.1. The largest absolute Gasteiger partial charge is 0.116 e. The van der Waals surface area contributed by atoms with Gasteiger partial charge in [0.1, 0.15) is 23.2 Å². The van der Waals surface area contributed by atoms with E-state index in [1.54, 1.807) is 0 Å². The molecule has 10 rings (SSSR count). The van der Waals surface area contributed by atoms with Gasteiger partial charge in [0.15, 0.2) is 0 Å². The second-order valence-corrected chi connectivity index (χ2v) is 26.2. The van der Waals surface area contributed by atoms with Crippen LogP contribution in [0.3, 0.4) is 0 Å². The van der Waals surface area contributed by atoms with Gasteiger partial charge >= 0.3 is 0 Å². The first-order valence-corrected chi connectivity index (χ1v) is 26.4. The molecule has 4 aliphatic rings. The molecule has 0 unspecified atom stereocenters. The number of rotatable bonds is 5. The fourth-order valence-electron chi connectivity index (χ4n) is 7.45. The van der Waals surface area contributed by atoms with E-state index in [1.807, 2.05) is 94.1 Å². The molecule has 6 aromatic rings. The predicted octanol–water partition coefficient (Wildman–Crippen LogP) is 11.8. The van der Waals surface area contributed by atoms with E-state index >= 15 is 0 Å². The van der Waals surface area contributed by atoms with E-state index in [-0.39, 0.29) is 0 Å². The van der Waals surface area contributed by atoms with Crippen molar-refractivity contribution in [3.05, 3.63) is 166 Å². The van der Waals surface area contributed by atoms with Crippen LogP contribution >= 0.6 is 101 Å². The van der Waals surface area contributed by atoms with Crippen LogP contribution in [0.2, 0.25) is 0 Å². The van der Waals surface area contributed by atoms with Crippen molar-refractivity contribution in [3.63, 3.8) is 0 Å². The fraction of sp³-hybridized carbons (Fsp3) is 0.116. The lowest BCUT2D eigenvalue weighted by molar-refractivity contribution is 1.41. The molecule has 0 radical (unpaired) electrons. The Labute approximate surface area is 339 Å². The minimum atomic E-state index is -2.07. The van der Waals surface area contributed by atoms with Crippen LogP contribution in [0, 0.1) is 0 Å². The molecule has 0 amide bonds. The molecule has 0 atom stereocenters. The Morgan fingerprint density at radius 2 is 0.731 bits per heavy atom. The van der Waals surface area contributed by atoms with Gasteiger partial charge in [0.2, 0.25) is 0 Å². The number of benzene rings is 6. The average molecular weight is 836 g/mol. The molecular weight excluding hydrogens is 804 g/mol. The van der Waals surface area contributed by atoms with Crippen molar-refractivity contribution in [1.29, 1.82) is 0 Å². The van der Waals surface area contributed by atoms with Crippen LogP contribution in [-0.2, 0) is 6.16 Å². The van der Waals surface area contributed by atoms with Crippen molar-refractivity contribution in [2.24, 2.45) is 0 Å². The molecule has 0 N–H and O–H groups in total. The quantitative estimate of drug-likeness (QED) is 0.123. The van der Waals surface area contributed by atoms with Crippen LogP contribution in [0.1, 0.15) is 5.56 Å². The average Bonchev–Trinajstić information content (AvgIpc) is 3.84. The Kier molecular flexibility index (Phi) is 10.1. The van der Waals surface area contributed by atoms with Gasteiger partial charge in [-0.1, -0.05) is 138 Å². The third-order valence-corrected chi connectivity index (χ3v) is 25.6. The monoisotopic (exact) mass is 835 g/mol. The highest BCUT2D eigenvalue weighted by Gasteiger charge is 2.45. The second-order valence-electron chi connectivity index (χ2n) is 12.7. The van der Waals surface area contributed by atoms with E-state index in [9.17, 15) is 0 Å². The third kappa shape index (κ3) is 6.27. The lowest BCUT2D eigenvalue weighted by Gasteiger charge is -2.28. The van der Waals surface area contributed by atoms with Gasteiger partial charge in [0.05, 0.1) is 31.6 Å². The van der Waals surface area contributed by atoms with E-state index in [1.165, 1.54) is 102 Å². The van der Waals surface area contributed by atoms with Gasteiger partial charge in [-0.05, 0) is 69.6 Å². The summed E-state index contributed by atoms with van der Waals surface area (Å²) in [4.78, 5) is 0.